The molecule has 0 saturated carbocycles. The van der Waals surface area contributed by atoms with Gasteiger partial charge in [-0.1, -0.05) is 71.9 Å². The van der Waals surface area contributed by atoms with Crippen molar-refractivity contribution in [2.24, 2.45) is 0 Å². The van der Waals surface area contributed by atoms with Crippen LogP contribution in [0.3, 0.4) is 0 Å². The van der Waals surface area contributed by atoms with Crippen LogP contribution in [0.2, 0.25) is 0 Å². The van der Waals surface area contributed by atoms with Gasteiger partial charge in [-0.15, -0.1) is 5.10 Å². The highest BCUT2D eigenvalue weighted by molar-refractivity contribution is 6.15. The van der Waals surface area contributed by atoms with Crippen LogP contribution in [0.15, 0.2) is 103 Å². The van der Waals surface area contributed by atoms with Gasteiger partial charge in [0.25, 0.3) is 5.91 Å². The van der Waals surface area contributed by atoms with Gasteiger partial charge >= 0.3 is 12.2 Å². The standard InChI is InChI=1S/C59H58F5N11O7/c1-30(2)53(57(79)74-25-39(77)19-49(74)56(78)67-48(27-76)36-16-14-34(15-17-36)40-8-6-7-9-44(40)60)75-26-47(71-72-75)35-12-10-33(11-13-35)29-81-54-51(50-32(4)45(61)21-46-42(50)23-66-70-46)43(59(62,63)64)20-41-52(54)68-58(82-28-31(3)80-5)69-55(41)73-24-37-18-38(73)22-65-37/h6-17,20-21,23,26,31,37-39,48-49,65,76-77H,18-19,22,24-25,27-29H2,1-5H3,(H,66,70)(H,67,78)/t31-,37-,38-,39+,48-,49-/m0/s1. The molecule has 0 spiro atoms. The summed E-state index contributed by atoms with van der Waals surface area (Å²) in [4.78, 5) is 41.2. The molecule has 5 N–H and O–H groups in total. The first-order valence-corrected chi connectivity index (χ1v) is 26.7. The zero-order chi connectivity index (χ0) is 57.7. The van der Waals surface area contributed by atoms with Crippen molar-refractivity contribution in [1.82, 2.24) is 50.7 Å². The Morgan fingerprint density at radius 3 is 2.35 bits per heavy atom. The van der Waals surface area contributed by atoms with E-state index in [0.717, 1.165) is 12.5 Å². The van der Waals surface area contributed by atoms with Crippen molar-refractivity contribution >= 4 is 45.1 Å². The van der Waals surface area contributed by atoms with E-state index in [2.05, 4.69) is 31.1 Å². The van der Waals surface area contributed by atoms with Crippen molar-refractivity contribution in [2.75, 3.05) is 44.9 Å². The highest BCUT2D eigenvalue weighted by Gasteiger charge is 2.44. The maximum Gasteiger partial charge on any atom is 0.417 e. The lowest BCUT2D eigenvalue weighted by atomic mass is 9.90. The van der Waals surface area contributed by atoms with E-state index in [0.29, 0.717) is 52.2 Å². The third-order valence-electron chi connectivity index (χ3n) is 15.5. The topological polar surface area (TPSA) is 218 Å². The highest BCUT2D eigenvalue weighted by Crippen LogP contribution is 2.51. The number of fused-ring (bicyclic) bond motifs is 4. The summed E-state index contributed by atoms with van der Waals surface area (Å²) >= 11 is 0. The van der Waals surface area contributed by atoms with Crippen molar-refractivity contribution in [3.05, 3.63) is 137 Å². The Kier molecular flexibility index (Phi) is 15.2. The molecule has 0 unspecified atom stereocenters. The first kappa shape index (κ1) is 55.5. The van der Waals surface area contributed by atoms with Crippen molar-refractivity contribution in [2.45, 2.75) is 89.7 Å². The smallest absolute Gasteiger partial charge is 0.417 e. The number of aromatic nitrogens is 7. The molecule has 0 radical (unpaired) electrons. The van der Waals surface area contributed by atoms with E-state index in [-0.39, 0.29) is 101 Å². The van der Waals surface area contributed by atoms with Crippen molar-refractivity contribution in [3.8, 4) is 45.3 Å². The number of halogens is 5. The van der Waals surface area contributed by atoms with E-state index < -0.39 is 65.5 Å². The van der Waals surface area contributed by atoms with E-state index in [1.165, 1.54) is 48.1 Å². The number of aliphatic hydroxyl groups excluding tert-OH is 2. The molecule has 18 nitrogen and oxygen atoms in total. The molecule has 11 rings (SSSR count). The van der Waals surface area contributed by atoms with Gasteiger partial charge in [-0.05, 0) is 80.1 Å². The number of β-amino-alcohol motifs (C(OH)–C–C–N with tert-alkyl or cyclic N) is 1. The van der Waals surface area contributed by atoms with Crippen LogP contribution in [0.25, 0.3) is 61.0 Å². The number of rotatable bonds is 17. The van der Waals surface area contributed by atoms with Crippen LogP contribution in [0.5, 0.6) is 11.8 Å². The predicted molar refractivity (Wildman–Crippen MR) is 294 cm³/mol. The van der Waals surface area contributed by atoms with Gasteiger partial charge in [-0.25, -0.2) is 13.5 Å². The van der Waals surface area contributed by atoms with Crippen molar-refractivity contribution in [3.63, 3.8) is 0 Å². The maximum atomic E-state index is 15.9. The number of anilines is 1. The summed E-state index contributed by atoms with van der Waals surface area (Å²) in [5, 5.41) is 43.2. The van der Waals surface area contributed by atoms with Crippen molar-refractivity contribution in [1.29, 1.82) is 0 Å². The lowest BCUT2D eigenvalue weighted by molar-refractivity contribution is -0.137. The average Bonchev–Trinajstić information content (AvgIpc) is 4.51. The third-order valence-corrected chi connectivity index (χ3v) is 15.5. The molecule has 6 heterocycles. The van der Waals surface area contributed by atoms with Crippen LogP contribution < -0.4 is 25.0 Å². The molecule has 2 bridgehead atoms. The number of hydrogen-bond acceptors (Lipinski definition) is 14. The number of alkyl halides is 3. The predicted octanol–water partition coefficient (Wildman–Crippen LogP) is 8.31. The first-order valence-electron chi connectivity index (χ1n) is 26.7. The summed E-state index contributed by atoms with van der Waals surface area (Å²) in [5.74, 6) is -2.42. The quantitative estimate of drug-likeness (QED) is 0.0428. The lowest BCUT2D eigenvalue weighted by Crippen LogP contribution is -2.48. The number of nitrogens with one attached hydrogen (secondary N) is 3. The molecular formula is C59H58F5N11O7. The number of piperazine rings is 1. The minimum absolute atomic E-state index is 0.0105. The Morgan fingerprint density at radius 2 is 1.67 bits per heavy atom. The fourth-order valence-corrected chi connectivity index (χ4v) is 11.1. The molecule has 3 fully saturated rings. The van der Waals surface area contributed by atoms with Gasteiger partial charge in [-0.2, -0.15) is 28.2 Å². The molecule has 8 aromatic rings. The second-order valence-corrected chi connectivity index (χ2v) is 21.1. The van der Waals surface area contributed by atoms with E-state index in [1.807, 2.05) is 4.90 Å². The molecule has 0 aliphatic carbocycles. The molecule has 3 aromatic heterocycles. The monoisotopic (exact) mass is 1130 g/mol. The molecule has 6 atom stereocenters. The number of ether oxygens (including phenoxy) is 3. The number of hydrogen-bond donors (Lipinski definition) is 5. The minimum atomic E-state index is -4.99. The molecule has 3 aliphatic rings. The largest absolute Gasteiger partial charge is 0.486 e. The summed E-state index contributed by atoms with van der Waals surface area (Å²) < 4.78 is 97.3. The van der Waals surface area contributed by atoms with Gasteiger partial charge in [0, 0.05) is 78.3 Å². The summed E-state index contributed by atoms with van der Waals surface area (Å²) in [6.45, 7) is 6.73. The number of benzene rings is 5. The Bertz CT molecular complexity index is 3760. The van der Waals surface area contributed by atoms with Gasteiger partial charge in [0.2, 0.25) is 5.91 Å². The van der Waals surface area contributed by atoms with Crippen molar-refractivity contribution < 1.29 is 56.0 Å². The normalized spacial score (nSPS) is 18.6. The number of carbonyl (C=O) groups is 2. The molecule has 3 aliphatic heterocycles. The third kappa shape index (κ3) is 10.7. The highest BCUT2D eigenvalue weighted by atomic mass is 19.4. The Labute approximate surface area is 466 Å². The Balaban J connectivity index is 0.881. The zero-order valence-corrected chi connectivity index (χ0v) is 45.3. The summed E-state index contributed by atoms with van der Waals surface area (Å²) in [7, 11) is 1.52. The van der Waals surface area contributed by atoms with Crippen LogP contribution in [0.4, 0.5) is 27.8 Å². The molecule has 23 heteroatoms. The molecule has 426 valence electrons. The van der Waals surface area contributed by atoms with Gasteiger partial charge in [0.15, 0.2) is 5.75 Å². The fraction of sp³-hybridized carbons (Fsp3) is 0.339. The number of allylic oxidation sites excluding steroid dienone is 1. The average molecular weight is 1130 g/mol. The van der Waals surface area contributed by atoms with E-state index in [9.17, 15) is 24.2 Å². The zero-order valence-electron chi connectivity index (χ0n) is 45.3. The van der Waals surface area contributed by atoms with E-state index in [1.54, 1.807) is 87.5 Å². The Morgan fingerprint density at radius 1 is 0.915 bits per heavy atom. The number of amides is 2. The molecule has 82 heavy (non-hydrogen) atoms. The van der Waals surface area contributed by atoms with Gasteiger partial charge in [0.1, 0.15) is 53.6 Å². The van der Waals surface area contributed by atoms with E-state index >= 15 is 17.6 Å². The SMILES string of the molecule is CO[C@@H](C)COc1nc(N2C[C@@H]3C[C@H]2CN3)c2cc(C(F)(F)F)c(-c3c(C)c(F)cc4[nH]ncc34)c(OCc3ccc(-c4cn(C(C(=O)N5C[C@H](O)C[C@H]5C(=O)N[C@@H](CO)c5ccc(-c6ccccc6F)cc5)=C(C)C)nn4)cc3)c2n1. The van der Waals surface area contributed by atoms with Crippen LogP contribution in [0.1, 0.15) is 61.9 Å². The lowest BCUT2D eigenvalue weighted by Gasteiger charge is -2.30. The van der Waals surface area contributed by atoms with Crippen LogP contribution in [-0.2, 0) is 27.1 Å². The van der Waals surface area contributed by atoms with Gasteiger partial charge in [-0.3, -0.25) is 14.7 Å². The van der Waals surface area contributed by atoms with Crippen LogP contribution >= 0.6 is 0 Å². The van der Waals surface area contributed by atoms with Gasteiger partial charge < -0.3 is 44.9 Å². The van der Waals surface area contributed by atoms with E-state index in [4.69, 9.17) is 24.2 Å². The van der Waals surface area contributed by atoms with Crippen LogP contribution in [-0.4, -0.2) is 132 Å². The number of carbonyl (C=O) groups excluding carboxylic acids is 2. The molecule has 3 saturated heterocycles. The number of likely N-dealkylation sites (tertiary alicyclic amines) is 1. The summed E-state index contributed by atoms with van der Waals surface area (Å²) in [5.41, 5.74) is 2.01. The summed E-state index contributed by atoms with van der Waals surface area (Å²) in [6, 6.07) is 19.9. The Hall–Kier alpha value is -8.38. The van der Waals surface area contributed by atoms with Crippen LogP contribution in [0, 0.1) is 18.6 Å². The number of methoxy groups -OCH3 is 1. The fourth-order valence-electron chi connectivity index (χ4n) is 11.1. The number of aromatic amines is 1. The number of aliphatic hydroxyl groups is 2. The van der Waals surface area contributed by atoms with Gasteiger partial charge in [0.05, 0.1) is 48.3 Å². The maximum absolute atomic E-state index is 15.9. The minimum Gasteiger partial charge on any atom is -0.486 e. The molecule has 2 amide bonds. The molecular weight excluding hydrogens is 1070 g/mol. The second-order valence-electron chi connectivity index (χ2n) is 21.1. The first-order chi connectivity index (χ1) is 39.4. The molecule has 5 aromatic carbocycles. The number of H-pyrrole nitrogens is 1. The number of nitrogens with zero attached hydrogens (tertiary/aromatic N) is 8. The summed E-state index contributed by atoms with van der Waals surface area (Å²) in [6.07, 6.45) is -2.85. The second kappa shape index (κ2) is 22.5.